The van der Waals surface area contributed by atoms with E-state index in [1.807, 2.05) is 6.07 Å². The molecule has 0 bridgehead atoms. The van der Waals surface area contributed by atoms with Gasteiger partial charge in [0.25, 0.3) is 10.0 Å². The SMILES string of the molecule is Cn1ncc(C#N)c1NS(=O)(=O)c1c(Cl)cccc1Cl. The highest BCUT2D eigenvalue weighted by molar-refractivity contribution is 7.93. The molecule has 0 aliphatic rings. The highest BCUT2D eigenvalue weighted by atomic mass is 35.5. The molecule has 1 heterocycles. The number of benzene rings is 1. The summed E-state index contributed by atoms with van der Waals surface area (Å²) in [4.78, 5) is -0.242. The van der Waals surface area contributed by atoms with E-state index < -0.39 is 10.0 Å². The molecular weight excluding hydrogens is 323 g/mol. The van der Waals surface area contributed by atoms with Gasteiger partial charge in [0.05, 0.1) is 16.2 Å². The molecule has 2 aromatic rings. The van der Waals surface area contributed by atoms with Gasteiger partial charge in [0.1, 0.15) is 16.5 Å². The van der Waals surface area contributed by atoms with Crippen molar-refractivity contribution in [2.45, 2.75) is 4.90 Å². The van der Waals surface area contributed by atoms with Crippen LogP contribution >= 0.6 is 23.2 Å². The van der Waals surface area contributed by atoms with E-state index in [0.717, 1.165) is 0 Å². The monoisotopic (exact) mass is 330 g/mol. The summed E-state index contributed by atoms with van der Waals surface area (Å²) in [5.41, 5.74) is 0.0965. The Morgan fingerprint density at radius 1 is 1.35 bits per heavy atom. The molecule has 1 aromatic heterocycles. The van der Waals surface area contributed by atoms with Crippen LogP contribution in [0, 0.1) is 11.3 Å². The van der Waals surface area contributed by atoms with E-state index in [1.165, 1.54) is 36.1 Å². The minimum absolute atomic E-state index is 0.00863. The van der Waals surface area contributed by atoms with Gasteiger partial charge in [-0.1, -0.05) is 29.3 Å². The summed E-state index contributed by atoms with van der Waals surface area (Å²) in [5.74, 6) is 0.0449. The molecule has 0 saturated heterocycles. The molecular formula is C11H8Cl2N4O2S. The number of aryl methyl sites for hydroxylation is 1. The molecule has 0 unspecified atom stereocenters. The molecule has 0 aliphatic heterocycles. The van der Waals surface area contributed by atoms with E-state index in [2.05, 4.69) is 9.82 Å². The van der Waals surface area contributed by atoms with Crippen LogP contribution in [0.2, 0.25) is 10.0 Å². The second-order valence-corrected chi connectivity index (χ2v) is 6.23. The number of aromatic nitrogens is 2. The number of nitriles is 1. The first-order chi connectivity index (χ1) is 9.36. The number of hydrogen-bond donors (Lipinski definition) is 1. The van der Waals surface area contributed by atoms with Crippen molar-refractivity contribution in [2.75, 3.05) is 4.72 Å². The summed E-state index contributed by atoms with van der Waals surface area (Å²) in [6, 6.07) is 6.21. The average Bonchev–Trinajstić information content (AvgIpc) is 2.69. The summed E-state index contributed by atoms with van der Waals surface area (Å²) in [7, 11) is -2.52. The molecule has 0 saturated carbocycles. The summed E-state index contributed by atoms with van der Waals surface area (Å²) < 4.78 is 28.2. The number of anilines is 1. The molecule has 9 heteroatoms. The van der Waals surface area contributed by atoms with Gasteiger partial charge in [0, 0.05) is 7.05 Å². The van der Waals surface area contributed by atoms with Gasteiger partial charge < -0.3 is 0 Å². The Bertz CT molecular complexity index is 788. The second-order valence-electron chi connectivity index (χ2n) is 3.80. The number of hydrogen-bond acceptors (Lipinski definition) is 4. The van der Waals surface area contributed by atoms with Crippen molar-refractivity contribution in [2.24, 2.45) is 7.05 Å². The Balaban J connectivity index is 2.53. The van der Waals surface area contributed by atoms with Crippen molar-refractivity contribution >= 4 is 39.0 Å². The van der Waals surface area contributed by atoms with Crippen LogP contribution in [-0.2, 0) is 17.1 Å². The predicted octanol–water partition coefficient (Wildman–Crippen LogP) is 2.40. The van der Waals surface area contributed by atoms with Crippen LogP contribution in [0.5, 0.6) is 0 Å². The lowest BCUT2D eigenvalue weighted by Crippen LogP contribution is -2.17. The summed E-state index contributed by atoms with van der Waals surface area (Å²) in [6.07, 6.45) is 1.26. The van der Waals surface area contributed by atoms with Crippen molar-refractivity contribution < 1.29 is 8.42 Å². The Morgan fingerprint density at radius 3 is 2.50 bits per heavy atom. The van der Waals surface area contributed by atoms with Gasteiger partial charge in [-0.3, -0.25) is 9.40 Å². The van der Waals surface area contributed by atoms with Gasteiger partial charge in [0.2, 0.25) is 0 Å². The van der Waals surface area contributed by atoms with Gasteiger partial charge in [-0.2, -0.15) is 10.4 Å². The van der Waals surface area contributed by atoms with E-state index in [4.69, 9.17) is 28.5 Å². The van der Waals surface area contributed by atoms with Gasteiger partial charge >= 0.3 is 0 Å². The van der Waals surface area contributed by atoms with E-state index in [1.54, 1.807) is 0 Å². The molecule has 0 amide bonds. The maximum atomic E-state index is 12.3. The van der Waals surface area contributed by atoms with E-state index >= 15 is 0 Å². The zero-order valence-corrected chi connectivity index (χ0v) is 12.5. The second kappa shape index (κ2) is 5.32. The van der Waals surface area contributed by atoms with Crippen molar-refractivity contribution in [3.8, 4) is 6.07 Å². The fourth-order valence-electron chi connectivity index (χ4n) is 1.56. The Morgan fingerprint density at radius 2 is 1.95 bits per heavy atom. The van der Waals surface area contributed by atoms with Gasteiger partial charge in [-0.15, -0.1) is 0 Å². The maximum Gasteiger partial charge on any atom is 0.266 e. The van der Waals surface area contributed by atoms with Crippen molar-refractivity contribution in [1.29, 1.82) is 5.26 Å². The van der Waals surface area contributed by atoms with Crippen molar-refractivity contribution in [1.82, 2.24) is 9.78 Å². The van der Waals surface area contributed by atoms with Crippen LogP contribution in [0.15, 0.2) is 29.3 Å². The molecule has 0 radical (unpaired) electrons. The highest BCUT2D eigenvalue weighted by Crippen LogP contribution is 2.30. The fourth-order valence-corrected chi connectivity index (χ4v) is 3.81. The van der Waals surface area contributed by atoms with Crippen molar-refractivity contribution in [3.05, 3.63) is 40.0 Å². The first-order valence-corrected chi connectivity index (χ1v) is 7.49. The van der Waals surface area contributed by atoms with Crippen LogP contribution in [0.1, 0.15) is 5.56 Å². The Kier molecular flexibility index (Phi) is 3.90. The zero-order chi connectivity index (χ0) is 14.9. The average molecular weight is 331 g/mol. The highest BCUT2D eigenvalue weighted by Gasteiger charge is 2.24. The predicted molar refractivity (Wildman–Crippen MR) is 75.2 cm³/mol. The number of sulfonamides is 1. The molecule has 2 rings (SSSR count). The summed E-state index contributed by atoms with van der Waals surface area (Å²) in [6.45, 7) is 0. The quantitative estimate of drug-likeness (QED) is 0.935. The third-order valence-electron chi connectivity index (χ3n) is 2.48. The lowest BCUT2D eigenvalue weighted by molar-refractivity contribution is 0.600. The number of rotatable bonds is 3. The van der Waals surface area contributed by atoms with Crippen LogP contribution < -0.4 is 4.72 Å². The third-order valence-corrected chi connectivity index (χ3v) is 4.77. The molecule has 0 atom stereocenters. The van der Waals surface area contributed by atoms with E-state index in [-0.39, 0.29) is 26.3 Å². The number of nitrogens with zero attached hydrogens (tertiary/aromatic N) is 3. The third kappa shape index (κ3) is 2.58. The van der Waals surface area contributed by atoms with Gasteiger partial charge in [0.15, 0.2) is 5.82 Å². The Labute approximate surface area is 125 Å². The molecule has 0 fully saturated rings. The molecule has 6 nitrogen and oxygen atoms in total. The summed E-state index contributed by atoms with van der Waals surface area (Å²) >= 11 is 11.8. The smallest absolute Gasteiger partial charge is 0.262 e. The maximum absolute atomic E-state index is 12.3. The fraction of sp³-hybridized carbons (Fsp3) is 0.0909. The van der Waals surface area contributed by atoms with Gasteiger partial charge in [-0.25, -0.2) is 8.42 Å². The van der Waals surface area contributed by atoms with Crippen LogP contribution in [0.25, 0.3) is 0 Å². The first-order valence-electron chi connectivity index (χ1n) is 5.25. The zero-order valence-electron chi connectivity index (χ0n) is 10.1. The molecule has 20 heavy (non-hydrogen) atoms. The van der Waals surface area contributed by atoms with Crippen LogP contribution in [-0.4, -0.2) is 18.2 Å². The number of halogens is 2. The van der Waals surface area contributed by atoms with Crippen molar-refractivity contribution in [3.63, 3.8) is 0 Å². The normalized spacial score (nSPS) is 11.1. The molecule has 104 valence electrons. The molecule has 1 N–H and O–H groups in total. The largest absolute Gasteiger partial charge is 0.266 e. The number of nitrogens with one attached hydrogen (secondary N) is 1. The standard InChI is InChI=1S/C11H8Cl2N4O2S/c1-17-11(7(5-14)6-15-17)16-20(18,19)10-8(12)3-2-4-9(10)13/h2-4,6,16H,1H3. The molecule has 0 spiro atoms. The van der Waals surface area contributed by atoms with Crippen LogP contribution in [0.4, 0.5) is 5.82 Å². The topological polar surface area (TPSA) is 87.8 Å². The minimum Gasteiger partial charge on any atom is -0.262 e. The lowest BCUT2D eigenvalue weighted by atomic mass is 10.4. The van der Waals surface area contributed by atoms with E-state index in [0.29, 0.717) is 0 Å². The lowest BCUT2D eigenvalue weighted by Gasteiger charge is -2.11. The summed E-state index contributed by atoms with van der Waals surface area (Å²) in [5, 5.41) is 12.7. The van der Waals surface area contributed by atoms with E-state index in [9.17, 15) is 8.42 Å². The molecule has 0 aliphatic carbocycles. The first kappa shape index (κ1) is 14.7. The Hall–Kier alpha value is -1.75. The molecule has 1 aromatic carbocycles. The minimum atomic E-state index is -4.03. The van der Waals surface area contributed by atoms with Gasteiger partial charge in [-0.05, 0) is 12.1 Å². The van der Waals surface area contributed by atoms with Crippen LogP contribution in [0.3, 0.4) is 0 Å².